The molecule has 2 rings (SSSR count). The highest BCUT2D eigenvalue weighted by molar-refractivity contribution is 7.98. The van der Waals surface area contributed by atoms with Gasteiger partial charge in [0, 0.05) is 32.9 Å². The molecule has 5 nitrogen and oxygen atoms in total. The monoisotopic (exact) mass is 296 g/mol. The predicted octanol–water partition coefficient (Wildman–Crippen LogP) is 1.75. The smallest absolute Gasteiger partial charge is 0.317 e. The third-order valence-electron chi connectivity index (χ3n) is 3.66. The average molecular weight is 296 g/mol. The van der Waals surface area contributed by atoms with Crippen molar-refractivity contribution in [1.29, 1.82) is 0 Å². The number of hydrogen-bond acceptors (Lipinski definition) is 3. The Hall–Kier alpha value is -1.17. The lowest BCUT2D eigenvalue weighted by Crippen LogP contribution is -2.46. The van der Waals surface area contributed by atoms with E-state index in [1.54, 1.807) is 4.68 Å². The molecule has 20 heavy (non-hydrogen) atoms. The van der Waals surface area contributed by atoms with Crippen molar-refractivity contribution in [2.45, 2.75) is 19.3 Å². The summed E-state index contributed by atoms with van der Waals surface area (Å²) in [6.45, 7) is 2.47. The molecule has 1 aromatic rings. The van der Waals surface area contributed by atoms with Crippen LogP contribution in [-0.4, -0.2) is 52.4 Å². The lowest BCUT2D eigenvalue weighted by molar-refractivity contribution is 0.171. The van der Waals surface area contributed by atoms with Gasteiger partial charge in [0.15, 0.2) is 0 Å². The van der Waals surface area contributed by atoms with Crippen molar-refractivity contribution in [2.24, 2.45) is 13.0 Å². The summed E-state index contributed by atoms with van der Waals surface area (Å²) in [4.78, 5) is 14.1. The molecule has 0 spiro atoms. The van der Waals surface area contributed by atoms with E-state index >= 15 is 0 Å². The predicted molar refractivity (Wildman–Crippen MR) is 83.0 cm³/mol. The maximum atomic E-state index is 12.1. The van der Waals surface area contributed by atoms with Crippen molar-refractivity contribution >= 4 is 17.8 Å². The molecule has 6 heteroatoms. The fourth-order valence-corrected chi connectivity index (χ4v) is 3.39. The van der Waals surface area contributed by atoms with Gasteiger partial charge in [0.1, 0.15) is 0 Å². The first-order valence-electron chi connectivity index (χ1n) is 7.18. The van der Waals surface area contributed by atoms with Crippen molar-refractivity contribution in [3.05, 3.63) is 18.0 Å². The maximum Gasteiger partial charge on any atom is 0.317 e. The molecule has 0 radical (unpaired) electrons. The minimum Gasteiger partial charge on any atom is -0.338 e. The zero-order valence-electron chi connectivity index (χ0n) is 12.3. The highest BCUT2D eigenvalue weighted by Gasteiger charge is 2.22. The summed E-state index contributed by atoms with van der Waals surface area (Å²) >= 11 is 1.87. The highest BCUT2D eigenvalue weighted by atomic mass is 32.2. The Labute approximate surface area is 125 Å². The molecule has 2 heterocycles. The number of rotatable bonds is 5. The Morgan fingerprint density at radius 2 is 2.45 bits per heavy atom. The van der Waals surface area contributed by atoms with E-state index in [0.717, 1.165) is 37.2 Å². The van der Waals surface area contributed by atoms with Crippen LogP contribution in [0, 0.1) is 5.92 Å². The van der Waals surface area contributed by atoms with E-state index in [-0.39, 0.29) is 6.03 Å². The highest BCUT2D eigenvalue weighted by Crippen LogP contribution is 2.19. The molecule has 0 aliphatic carbocycles. The van der Waals surface area contributed by atoms with Gasteiger partial charge >= 0.3 is 6.03 Å². The number of aromatic nitrogens is 2. The average Bonchev–Trinajstić information content (AvgIpc) is 2.85. The molecule has 1 saturated heterocycles. The molecule has 1 atom stereocenters. The number of carbonyl (C=O) groups excluding carboxylic acids is 1. The Bertz CT molecular complexity index is 433. The molecule has 0 aromatic carbocycles. The molecular formula is C14H24N4OS. The quantitative estimate of drug-likeness (QED) is 0.900. The van der Waals surface area contributed by atoms with Crippen LogP contribution in [0.3, 0.4) is 0 Å². The van der Waals surface area contributed by atoms with E-state index in [1.807, 2.05) is 36.1 Å². The molecule has 112 valence electrons. The van der Waals surface area contributed by atoms with Gasteiger partial charge in [0.2, 0.25) is 0 Å². The number of aryl methyl sites for hydroxylation is 1. The molecule has 1 aliphatic heterocycles. The number of thioether (sulfide) groups is 1. The zero-order valence-corrected chi connectivity index (χ0v) is 13.2. The summed E-state index contributed by atoms with van der Waals surface area (Å²) in [5.74, 6) is 1.81. The number of nitrogens with one attached hydrogen (secondary N) is 1. The second-order valence-corrected chi connectivity index (χ2v) is 6.32. The van der Waals surface area contributed by atoms with Gasteiger partial charge in [-0.25, -0.2) is 4.79 Å². The maximum absolute atomic E-state index is 12.1. The number of carbonyl (C=O) groups is 1. The van der Waals surface area contributed by atoms with Crippen molar-refractivity contribution < 1.29 is 4.79 Å². The van der Waals surface area contributed by atoms with E-state index in [0.29, 0.717) is 12.5 Å². The normalized spacial score (nSPS) is 19.1. The number of nitrogens with zero attached hydrogens (tertiary/aromatic N) is 3. The molecule has 1 unspecified atom stereocenters. The van der Waals surface area contributed by atoms with Gasteiger partial charge in [-0.15, -0.1) is 0 Å². The zero-order chi connectivity index (χ0) is 14.4. The van der Waals surface area contributed by atoms with Crippen LogP contribution in [0.1, 0.15) is 18.4 Å². The number of piperidine rings is 1. The second kappa shape index (κ2) is 7.57. The fourth-order valence-electron chi connectivity index (χ4n) is 2.65. The van der Waals surface area contributed by atoms with Crippen LogP contribution < -0.4 is 5.32 Å². The van der Waals surface area contributed by atoms with E-state index < -0.39 is 0 Å². The molecule has 1 N–H and O–H groups in total. The third-order valence-corrected chi connectivity index (χ3v) is 4.46. The van der Waals surface area contributed by atoms with Gasteiger partial charge in [-0.2, -0.15) is 16.9 Å². The molecule has 2 amide bonds. The Kier molecular flexibility index (Phi) is 5.76. The van der Waals surface area contributed by atoms with Gasteiger partial charge in [-0.1, -0.05) is 0 Å². The summed E-state index contributed by atoms with van der Waals surface area (Å²) in [5.41, 5.74) is 1.16. The standard InChI is InChI=1S/C14H24N4OS/c1-17-9-12(8-16-17)5-6-15-14(19)18-7-3-4-13(10-18)11-20-2/h8-9,13H,3-7,10-11H2,1-2H3,(H,15,19). The molecule has 1 aromatic heterocycles. The van der Waals surface area contributed by atoms with Crippen LogP contribution in [0.25, 0.3) is 0 Å². The minimum atomic E-state index is 0.0830. The van der Waals surface area contributed by atoms with E-state index in [2.05, 4.69) is 16.7 Å². The van der Waals surface area contributed by atoms with Gasteiger partial charge in [-0.3, -0.25) is 4.68 Å². The van der Waals surface area contributed by atoms with Crippen LogP contribution >= 0.6 is 11.8 Å². The Morgan fingerprint density at radius 1 is 1.60 bits per heavy atom. The first kappa shape index (κ1) is 15.2. The second-order valence-electron chi connectivity index (χ2n) is 5.41. The van der Waals surface area contributed by atoms with Crippen LogP contribution in [0.2, 0.25) is 0 Å². The van der Waals surface area contributed by atoms with Crippen LogP contribution in [0.4, 0.5) is 4.79 Å². The lowest BCUT2D eigenvalue weighted by Gasteiger charge is -2.32. The van der Waals surface area contributed by atoms with Crippen LogP contribution in [0.15, 0.2) is 12.4 Å². The number of hydrogen-bond donors (Lipinski definition) is 1. The first-order valence-corrected chi connectivity index (χ1v) is 8.57. The summed E-state index contributed by atoms with van der Waals surface area (Å²) in [5, 5.41) is 7.14. The topological polar surface area (TPSA) is 50.2 Å². The molecule has 1 aliphatic rings. The lowest BCUT2D eigenvalue weighted by atomic mass is 10.0. The molecular weight excluding hydrogens is 272 g/mol. The van der Waals surface area contributed by atoms with Gasteiger partial charge in [0.05, 0.1) is 6.20 Å². The number of amides is 2. The third kappa shape index (κ3) is 4.44. The van der Waals surface area contributed by atoms with E-state index in [9.17, 15) is 4.79 Å². The summed E-state index contributed by atoms with van der Waals surface area (Å²) in [6, 6.07) is 0.0830. The minimum absolute atomic E-state index is 0.0830. The molecule has 0 bridgehead atoms. The van der Waals surface area contributed by atoms with Gasteiger partial charge in [0.25, 0.3) is 0 Å². The summed E-state index contributed by atoms with van der Waals surface area (Å²) in [6.07, 6.45) is 9.18. The van der Waals surface area contributed by atoms with Crippen LogP contribution in [0.5, 0.6) is 0 Å². The Morgan fingerprint density at radius 3 is 3.15 bits per heavy atom. The summed E-state index contributed by atoms with van der Waals surface area (Å²) in [7, 11) is 1.90. The van der Waals surface area contributed by atoms with Crippen molar-refractivity contribution in [3.8, 4) is 0 Å². The Balaban J connectivity index is 1.71. The van der Waals surface area contributed by atoms with E-state index in [1.165, 1.54) is 6.42 Å². The van der Waals surface area contributed by atoms with Gasteiger partial charge in [-0.05, 0) is 42.8 Å². The number of likely N-dealkylation sites (tertiary alicyclic amines) is 1. The van der Waals surface area contributed by atoms with Gasteiger partial charge < -0.3 is 10.2 Å². The SMILES string of the molecule is CSCC1CCCN(C(=O)NCCc2cnn(C)c2)C1. The largest absolute Gasteiger partial charge is 0.338 e. The number of urea groups is 1. The molecule has 1 fully saturated rings. The van der Waals surface area contributed by atoms with Crippen molar-refractivity contribution in [2.75, 3.05) is 31.6 Å². The summed E-state index contributed by atoms with van der Waals surface area (Å²) < 4.78 is 1.79. The first-order chi connectivity index (χ1) is 9.69. The van der Waals surface area contributed by atoms with Crippen LogP contribution in [-0.2, 0) is 13.5 Å². The molecule has 0 saturated carbocycles. The van der Waals surface area contributed by atoms with Crippen molar-refractivity contribution in [1.82, 2.24) is 20.0 Å². The fraction of sp³-hybridized carbons (Fsp3) is 0.714. The van der Waals surface area contributed by atoms with Crippen molar-refractivity contribution in [3.63, 3.8) is 0 Å². The van der Waals surface area contributed by atoms with E-state index in [4.69, 9.17) is 0 Å².